The number of nitrogens with one attached hydrogen (secondary N) is 1. The standard InChI is InChI=1S/C17H26N2O2/c1-3-18-17(14-8-4-5-9-15(14)20-2)16-11-19-10-6-7-13(19)12-21-16/h4-5,8-9,13,16-18H,3,6-7,10-12H2,1-2H3. The van der Waals surface area contributed by atoms with E-state index in [2.05, 4.69) is 29.3 Å². The molecule has 2 saturated heterocycles. The molecule has 1 aromatic carbocycles. The van der Waals surface area contributed by atoms with E-state index in [1.165, 1.54) is 24.9 Å². The van der Waals surface area contributed by atoms with E-state index in [4.69, 9.17) is 9.47 Å². The highest BCUT2D eigenvalue weighted by Gasteiger charge is 2.36. The van der Waals surface area contributed by atoms with E-state index >= 15 is 0 Å². The number of ether oxygens (including phenoxy) is 2. The molecule has 3 rings (SSSR count). The van der Waals surface area contributed by atoms with Crippen LogP contribution in [0.2, 0.25) is 0 Å². The first kappa shape index (κ1) is 14.8. The van der Waals surface area contributed by atoms with Gasteiger partial charge in [-0.2, -0.15) is 0 Å². The number of fused-ring (bicyclic) bond motifs is 1. The van der Waals surface area contributed by atoms with Gasteiger partial charge in [0.05, 0.1) is 25.9 Å². The summed E-state index contributed by atoms with van der Waals surface area (Å²) in [5.41, 5.74) is 1.20. The zero-order chi connectivity index (χ0) is 14.7. The number of benzene rings is 1. The summed E-state index contributed by atoms with van der Waals surface area (Å²) in [6.45, 7) is 6.16. The van der Waals surface area contributed by atoms with Crippen LogP contribution in [0.5, 0.6) is 5.75 Å². The molecule has 116 valence electrons. The van der Waals surface area contributed by atoms with Crippen molar-refractivity contribution in [2.75, 3.05) is 33.4 Å². The summed E-state index contributed by atoms with van der Waals surface area (Å²) in [7, 11) is 1.74. The molecule has 1 N–H and O–H groups in total. The first-order valence-electron chi connectivity index (χ1n) is 8.05. The predicted octanol–water partition coefficient (Wildman–Crippen LogP) is 2.21. The van der Waals surface area contributed by atoms with E-state index < -0.39 is 0 Å². The van der Waals surface area contributed by atoms with Crippen molar-refractivity contribution in [3.05, 3.63) is 29.8 Å². The Hall–Kier alpha value is -1.10. The summed E-state index contributed by atoms with van der Waals surface area (Å²) in [6.07, 6.45) is 2.78. The molecule has 4 nitrogen and oxygen atoms in total. The maximum absolute atomic E-state index is 6.20. The molecule has 0 amide bonds. The molecule has 0 spiro atoms. The topological polar surface area (TPSA) is 33.7 Å². The third-order valence-corrected chi connectivity index (χ3v) is 4.69. The Balaban J connectivity index is 1.80. The van der Waals surface area contributed by atoms with Gasteiger partial charge < -0.3 is 14.8 Å². The maximum Gasteiger partial charge on any atom is 0.123 e. The van der Waals surface area contributed by atoms with Crippen molar-refractivity contribution >= 4 is 0 Å². The minimum Gasteiger partial charge on any atom is -0.496 e. The molecule has 3 unspecified atom stereocenters. The van der Waals surface area contributed by atoms with Crippen LogP contribution in [0.15, 0.2) is 24.3 Å². The fourth-order valence-electron chi connectivity index (χ4n) is 3.63. The Morgan fingerprint density at radius 3 is 3.10 bits per heavy atom. The molecule has 0 saturated carbocycles. The van der Waals surface area contributed by atoms with Crippen LogP contribution in [0, 0.1) is 0 Å². The first-order chi connectivity index (χ1) is 10.3. The fraction of sp³-hybridized carbons (Fsp3) is 0.647. The van der Waals surface area contributed by atoms with Crippen molar-refractivity contribution in [2.24, 2.45) is 0 Å². The van der Waals surface area contributed by atoms with Crippen molar-refractivity contribution in [1.82, 2.24) is 10.2 Å². The molecule has 1 aromatic rings. The van der Waals surface area contributed by atoms with Crippen LogP contribution in [0.3, 0.4) is 0 Å². The molecule has 4 heteroatoms. The minimum atomic E-state index is 0.188. The van der Waals surface area contributed by atoms with Crippen LogP contribution in [0.4, 0.5) is 0 Å². The lowest BCUT2D eigenvalue weighted by Gasteiger charge is -2.39. The number of likely N-dealkylation sites (N-methyl/N-ethyl adjacent to an activating group) is 1. The van der Waals surface area contributed by atoms with Gasteiger partial charge >= 0.3 is 0 Å². The van der Waals surface area contributed by atoms with Crippen LogP contribution in [-0.2, 0) is 4.74 Å². The molecule has 21 heavy (non-hydrogen) atoms. The quantitative estimate of drug-likeness (QED) is 0.901. The van der Waals surface area contributed by atoms with Gasteiger partial charge in [0.1, 0.15) is 5.75 Å². The van der Waals surface area contributed by atoms with E-state index in [0.29, 0.717) is 6.04 Å². The lowest BCUT2D eigenvalue weighted by Crippen LogP contribution is -2.50. The molecule has 0 bridgehead atoms. The summed E-state index contributed by atoms with van der Waals surface area (Å²) >= 11 is 0. The van der Waals surface area contributed by atoms with E-state index in [0.717, 1.165) is 25.4 Å². The summed E-state index contributed by atoms with van der Waals surface area (Å²) in [5.74, 6) is 0.940. The van der Waals surface area contributed by atoms with E-state index in [-0.39, 0.29) is 12.1 Å². The highest BCUT2D eigenvalue weighted by Crippen LogP contribution is 2.32. The van der Waals surface area contributed by atoms with Gasteiger partial charge in [0.15, 0.2) is 0 Å². The Kier molecular flexibility index (Phi) is 4.78. The highest BCUT2D eigenvalue weighted by molar-refractivity contribution is 5.36. The van der Waals surface area contributed by atoms with Crippen molar-refractivity contribution in [2.45, 2.75) is 38.0 Å². The Morgan fingerprint density at radius 1 is 1.43 bits per heavy atom. The molecule has 2 aliphatic rings. The van der Waals surface area contributed by atoms with Gasteiger partial charge in [-0.1, -0.05) is 25.1 Å². The third kappa shape index (κ3) is 3.07. The van der Waals surface area contributed by atoms with Gasteiger partial charge in [0.2, 0.25) is 0 Å². The number of morpholine rings is 1. The summed E-state index contributed by atoms with van der Waals surface area (Å²) in [4.78, 5) is 2.59. The zero-order valence-corrected chi connectivity index (χ0v) is 13.0. The van der Waals surface area contributed by atoms with Gasteiger partial charge in [-0.3, -0.25) is 4.90 Å². The number of hydrogen-bond donors (Lipinski definition) is 1. The van der Waals surface area contributed by atoms with Crippen LogP contribution in [0.25, 0.3) is 0 Å². The first-order valence-corrected chi connectivity index (χ1v) is 8.05. The van der Waals surface area contributed by atoms with Crippen LogP contribution in [-0.4, -0.2) is 50.4 Å². The predicted molar refractivity (Wildman–Crippen MR) is 83.7 cm³/mol. The number of nitrogens with zero attached hydrogens (tertiary/aromatic N) is 1. The minimum absolute atomic E-state index is 0.188. The van der Waals surface area contributed by atoms with Gasteiger partial charge in [-0.05, 0) is 32.0 Å². The van der Waals surface area contributed by atoms with Gasteiger partial charge in [-0.15, -0.1) is 0 Å². The van der Waals surface area contributed by atoms with Crippen molar-refractivity contribution in [1.29, 1.82) is 0 Å². The summed E-state index contributed by atoms with van der Waals surface area (Å²) < 4.78 is 11.7. The molecule has 2 fully saturated rings. The molecule has 2 aliphatic heterocycles. The molecule has 0 aliphatic carbocycles. The average Bonchev–Trinajstić information content (AvgIpc) is 3.00. The number of hydrogen-bond acceptors (Lipinski definition) is 4. The summed E-state index contributed by atoms with van der Waals surface area (Å²) in [6, 6.07) is 9.09. The number of para-hydroxylation sites is 1. The van der Waals surface area contributed by atoms with Gasteiger partial charge in [-0.25, -0.2) is 0 Å². The van der Waals surface area contributed by atoms with Gasteiger partial charge in [0.25, 0.3) is 0 Å². The second-order valence-electron chi connectivity index (χ2n) is 5.94. The molecule has 0 aromatic heterocycles. The second-order valence-corrected chi connectivity index (χ2v) is 5.94. The smallest absolute Gasteiger partial charge is 0.123 e. The molecule has 3 atom stereocenters. The van der Waals surface area contributed by atoms with Gasteiger partial charge in [0, 0.05) is 18.2 Å². The SMILES string of the molecule is CCNC(c1ccccc1OC)C1CN2CCCC2CO1. The molecule has 2 heterocycles. The monoisotopic (exact) mass is 290 g/mol. The van der Waals surface area contributed by atoms with Crippen LogP contribution in [0.1, 0.15) is 31.4 Å². The summed E-state index contributed by atoms with van der Waals surface area (Å²) in [5, 5.41) is 3.59. The van der Waals surface area contributed by atoms with Crippen molar-refractivity contribution in [3.8, 4) is 5.75 Å². The third-order valence-electron chi connectivity index (χ3n) is 4.69. The average molecular weight is 290 g/mol. The zero-order valence-electron chi connectivity index (χ0n) is 13.0. The number of methoxy groups -OCH3 is 1. The van der Waals surface area contributed by atoms with E-state index in [9.17, 15) is 0 Å². The molecular formula is C17H26N2O2. The Labute approximate surface area is 127 Å². The molecule has 0 radical (unpaired) electrons. The van der Waals surface area contributed by atoms with Crippen molar-refractivity contribution in [3.63, 3.8) is 0 Å². The lowest BCUT2D eigenvalue weighted by atomic mass is 9.98. The van der Waals surface area contributed by atoms with E-state index in [1.807, 2.05) is 12.1 Å². The second kappa shape index (κ2) is 6.77. The van der Waals surface area contributed by atoms with Crippen LogP contribution < -0.4 is 10.1 Å². The fourth-order valence-corrected chi connectivity index (χ4v) is 3.63. The number of rotatable bonds is 5. The Morgan fingerprint density at radius 2 is 2.29 bits per heavy atom. The normalized spacial score (nSPS) is 27.3. The Bertz CT molecular complexity index is 466. The maximum atomic E-state index is 6.20. The highest BCUT2D eigenvalue weighted by atomic mass is 16.5. The van der Waals surface area contributed by atoms with E-state index in [1.54, 1.807) is 7.11 Å². The lowest BCUT2D eigenvalue weighted by molar-refractivity contribution is -0.0653. The van der Waals surface area contributed by atoms with Crippen LogP contribution >= 0.6 is 0 Å². The van der Waals surface area contributed by atoms with Crippen molar-refractivity contribution < 1.29 is 9.47 Å². The molecular weight excluding hydrogens is 264 g/mol. The largest absolute Gasteiger partial charge is 0.496 e.